The van der Waals surface area contributed by atoms with Crippen LogP contribution in [0.2, 0.25) is 0 Å². The van der Waals surface area contributed by atoms with E-state index in [-0.39, 0.29) is 30.9 Å². The summed E-state index contributed by atoms with van der Waals surface area (Å²) >= 11 is 3.37. The van der Waals surface area contributed by atoms with E-state index < -0.39 is 11.9 Å². The van der Waals surface area contributed by atoms with Crippen LogP contribution in [0.3, 0.4) is 0 Å². The third kappa shape index (κ3) is 5.16. The maximum absolute atomic E-state index is 12.0. The molecule has 26 heavy (non-hydrogen) atoms. The van der Waals surface area contributed by atoms with E-state index in [1.165, 1.54) is 6.07 Å². The number of hydrogen-bond acceptors (Lipinski definition) is 7. The number of benzene rings is 1. The second kappa shape index (κ2) is 9.14. The highest BCUT2D eigenvalue weighted by molar-refractivity contribution is 9.10. The summed E-state index contributed by atoms with van der Waals surface area (Å²) in [7, 11) is 0. The minimum atomic E-state index is -0.733. The van der Waals surface area contributed by atoms with Crippen molar-refractivity contribution in [3.63, 3.8) is 0 Å². The molecule has 0 atom stereocenters. The van der Waals surface area contributed by atoms with Crippen molar-refractivity contribution >= 4 is 50.2 Å². The highest BCUT2D eigenvalue weighted by atomic mass is 79.9. The van der Waals surface area contributed by atoms with Gasteiger partial charge in [0.2, 0.25) is 0 Å². The highest BCUT2D eigenvalue weighted by Gasteiger charge is 2.18. The fourth-order valence-electron chi connectivity index (χ4n) is 2.17. The van der Waals surface area contributed by atoms with E-state index in [0.717, 1.165) is 4.47 Å². The molecule has 0 unspecified atom stereocenters. The minimum absolute atomic E-state index is 0.140. The van der Waals surface area contributed by atoms with Crippen molar-refractivity contribution in [3.8, 4) is 0 Å². The number of aromatic nitrogens is 1. The zero-order valence-corrected chi connectivity index (χ0v) is 15.9. The summed E-state index contributed by atoms with van der Waals surface area (Å²) in [6.45, 7) is 3.64. The van der Waals surface area contributed by atoms with Gasteiger partial charge in [0.25, 0.3) is 5.56 Å². The van der Waals surface area contributed by atoms with Gasteiger partial charge in [0.1, 0.15) is 0 Å². The predicted molar refractivity (Wildman–Crippen MR) is 101 cm³/mol. The molecule has 0 radical (unpaired) electrons. The van der Waals surface area contributed by atoms with Crippen molar-refractivity contribution in [2.45, 2.75) is 20.3 Å². The van der Waals surface area contributed by atoms with E-state index in [1.54, 1.807) is 32.0 Å². The largest absolute Gasteiger partial charge is 0.466 e. The first-order chi connectivity index (χ1) is 12.4. The van der Waals surface area contributed by atoms with Gasteiger partial charge in [-0.1, -0.05) is 15.9 Å². The van der Waals surface area contributed by atoms with Gasteiger partial charge >= 0.3 is 11.9 Å². The summed E-state index contributed by atoms with van der Waals surface area (Å²) in [5.74, 6) is -1.33. The smallest absolute Gasteiger partial charge is 0.355 e. The van der Waals surface area contributed by atoms with Gasteiger partial charge in [-0.05, 0) is 32.0 Å². The van der Waals surface area contributed by atoms with Crippen LogP contribution in [0.1, 0.15) is 20.3 Å². The molecule has 0 aliphatic heterocycles. The Bertz CT molecular complexity index is 907. The summed E-state index contributed by atoms with van der Waals surface area (Å²) in [5.41, 5.74) is 3.19. The zero-order chi connectivity index (χ0) is 19.1. The topological polar surface area (TPSA) is 110 Å². The van der Waals surface area contributed by atoms with Gasteiger partial charge in [-0.3, -0.25) is 15.0 Å². The average Bonchev–Trinajstić information content (AvgIpc) is 2.59. The fraction of sp³-hybridized carbons (Fsp3) is 0.294. The number of nitrogens with one attached hydrogen (secondary N) is 2. The monoisotopic (exact) mass is 423 g/mol. The number of H-pyrrole nitrogens is 1. The minimum Gasteiger partial charge on any atom is -0.466 e. The normalized spacial score (nSPS) is 11.3. The van der Waals surface area contributed by atoms with E-state index in [1.807, 2.05) is 0 Å². The van der Waals surface area contributed by atoms with Crippen LogP contribution in [0.5, 0.6) is 0 Å². The number of carbonyl (C=O) groups excluding carboxylic acids is 2. The summed E-state index contributed by atoms with van der Waals surface area (Å²) in [6, 6.07) is 6.63. The van der Waals surface area contributed by atoms with Crippen molar-refractivity contribution in [1.29, 1.82) is 0 Å². The summed E-state index contributed by atoms with van der Waals surface area (Å²) in [4.78, 5) is 38.2. The Morgan fingerprint density at radius 2 is 1.92 bits per heavy atom. The SMILES string of the molecule is CCOC(=O)C/C(=N\Nc1cc(=O)[nH]c2ccc(Br)cc12)C(=O)OCC. The van der Waals surface area contributed by atoms with Gasteiger partial charge < -0.3 is 14.5 Å². The number of fused-ring (bicyclic) bond motifs is 1. The van der Waals surface area contributed by atoms with Crippen molar-refractivity contribution in [1.82, 2.24) is 4.98 Å². The highest BCUT2D eigenvalue weighted by Crippen LogP contribution is 2.24. The maximum atomic E-state index is 12.0. The number of esters is 2. The molecule has 1 aromatic heterocycles. The molecule has 9 heteroatoms. The Kier molecular flexibility index (Phi) is 6.90. The number of hydrazone groups is 1. The second-order valence-corrected chi connectivity index (χ2v) is 6.03. The standard InChI is InChI=1S/C17H18BrN3O5/c1-3-25-16(23)9-14(17(24)26-4-2)21-20-13-8-15(22)19-12-6-5-10(18)7-11(12)13/h5-8H,3-4,9H2,1-2H3,(H2,19,20,22)/b21-14+. The molecule has 2 aromatic rings. The molecule has 0 spiro atoms. The number of aromatic amines is 1. The van der Waals surface area contributed by atoms with E-state index in [9.17, 15) is 14.4 Å². The number of rotatable bonds is 7. The molecule has 0 bridgehead atoms. The summed E-state index contributed by atoms with van der Waals surface area (Å²) < 4.78 is 10.6. The van der Waals surface area contributed by atoms with E-state index >= 15 is 0 Å². The number of anilines is 1. The first kappa shape index (κ1) is 19.6. The molecule has 0 aliphatic carbocycles. The van der Waals surface area contributed by atoms with Crippen LogP contribution >= 0.6 is 15.9 Å². The average molecular weight is 424 g/mol. The fourth-order valence-corrected chi connectivity index (χ4v) is 2.53. The molecule has 2 rings (SSSR count). The number of hydrogen-bond donors (Lipinski definition) is 2. The van der Waals surface area contributed by atoms with Crippen LogP contribution in [0, 0.1) is 0 Å². The summed E-state index contributed by atoms with van der Waals surface area (Å²) in [6.07, 6.45) is -0.343. The Balaban J connectivity index is 2.37. The van der Waals surface area contributed by atoms with Crippen molar-refractivity contribution in [3.05, 3.63) is 39.1 Å². The summed E-state index contributed by atoms with van der Waals surface area (Å²) in [5, 5.41) is 4.66. The molecule has 0 aliphatic rings. The lowest BCUT2D eigenvalue weighted by Gasteiger charge is -2.09. The van der Waals surface area contributed by atoms with E-state index in [2.05, 4.69) is 31.4 Å². The lowest BCUT2D eigenvalue weighted by atomic mass is 10.2. The Morgan fingerprint density at radius 1 is 1.19 bits per heavy atom. The molecule has 0 amide bonds. The lowest BCUT2D eigenvalue weighted by molar-refractivity contribution is -0.143. The first-order valence-corrected chi connectivity index (χ1v) is 8.71. The van der Waals surface area contributed by atoms with Crippen molar-refractivity contribution in [2.24, 2.45) is 5.10 Å². The quantitative estimate of drug-likeness (QED) is 0.402. The van der Waals surface area contributed by atoms with Gasteiger partial charge in [0.15, 0.2) is 5.71 Å². The van der Waals surface area contributed by atoms with Crippen LogP contribution in [-0.2, 0) is 19.1 Å². The molecule has 0 saturated carbocycles. The number of carbonyl (C=O) groups is 2. The van der Waals surface area contributed by atoms with E-state index in [4.69, 9.17) is 9.47 Å². The van der Waals surface area contributed by atoms with Crippen LogP contribution in [-0.4, -0.2) is 35.8 Å². The van der Waals surface area contributed by atoms with Crippen LogP contribution < -0.4 is 11.0 Å². The molecule has 8 nitrogen and oxygen atoms in total. The third-order valence-corrected chi connectivity index (χ3v) is 3.74. The van der Waals surface area contributed by atoms with Gasteiger partial charge in [0, 0.05) is 15.9 Å². The van der Waals surface area contributed by atoms with Gasteiger partial charge in [-0.2, -0.15) is 5.10 Å². The van der Waals surface area contributed by atoms with Crippen LogP contribution in [0.15, 0.2) is 38.6 Å². The van der Waals surface area contributed by atoms with E-state index in [0.29, 0.717) is 16.6 Å². The molecule has 2 N–H and O–H groups in total. The van der Waals surface area contributed by atoms with Gasteiger partial charge in [-0.25, -0.2) is 4.79 Å². The van der Waals surface area contributed by atoms with Gasteiger partial charge in [0.05, 0.1) is 30.8 Å². The molecule has 0 saturated heterocycles. The number of nitrogens with zero attached hydrogens (tertiary/aromatic N) is 1. The molecule has 0 fully saturated rings. The molecule has 138 valence electrons. The number of pyridine rings is 1. The van der Waals surface area contributed by atoms with Crippen molar-refractivity contribution < 1.29 is 19.1 Å². The van der Waals surface area contributed by atoms with Crippen molar-refractivity contribution in [2.75, 3.05) is 18.6 Å². The first-order valence-electron chi connectivity index (χ1n) is 7.92. The maximum Gasteiger partial charge on any atom is 0.355 e. The number of ether oxygens (including phenoxy) is 2. The van der Waals surface area contributed by atoms with Crippen LogP contribution in [0.4, 0.5) is 5.69 Å². The third-order valence-electron chi connectivity index (χ3n) is 3.24. The molecular formula is C17H18BrN3O5. The second-order valence-electron chi connectivity index (χ2n) is 5.11. The zero-order valence-electron chi connectivity index (χ0n) is 14.3. The van der Waals surface area contributed by atoms with Crippen LogP contribution in [0.25, 0.3) is 10.9 Å². The Hall–Kier alpha value is -2.68. The van der Waals surface area contributed by atoms with Gasteiger partial charge in [-0.15, -0.1) is 0 Å². The number of halogens is 1. The Labute approximate surface area is 157 Å². The molecule has 1 aromatic carbocycles. The predicted octanol–water partition coefficient (Wildman–Crippen LogP) is 2.57. The molecular weight excluding hydrogens is 406 g/mol. The lowest BCUT2D eigenvalue weighted by Crippen LogP contribution is -2.23. The Morgan fingerprint density at radius 3 is 2.62 bits per heavy atom. The molecule has 1 heterocycles.